The summed E-state index contributed by atoms with van der Waals surface area (Å²) >= 11 is 1.29. The fourth-order valence-electron chi connectivity index (χ4n) is 3.45. The summed E-state index contributed by atoms with van der Waals surface area (Å²) in [7, 11) is 0. The number of nitrogen functional groups attached to an aromatic ring is 1. The van der Waals surface area contributed by atoms with Gasteiger partial charge in [0.25, 0.3) is 5.91 Å². The monoisotopic (exact) mass is 411 g/mol. The lowest BCUT2D eigenvalue weighted by Crippen LogP contribution is -2.35. The highest BCUT2D eigenvalue weighted by Crippen LogP contribution is 2.34. The quantitative estimate of drug-likeness (QED) is 0.670. The summed E-state index contributed by atoms with van der Waals surface area (Å²) in [6.45, 7) is 8.76. The number of fused-ring (bicyclic) bond motifs is 1. The molecule has 2 aromatic heterocycles. The van der Waals surface area contributed by atoms with Crippen molar-refractivity contribution in [3.05, 3.63) is 51.5 Å². The number of carbonyl (C=O) groups excluding carboxylic acids is 1. The normalized spacial score (nSPS) is 15.0. The van der Waals surface area contributed by atoms with Crippen LogP contribution in [0.5, 0.6) is 0 Å². The summed E-state index contributed by atoms with van der Waals surface area (Å²) in [6.07, 6.45) is 0. The second-order valence-electron chi connectivity index (χ2n) is 7.32. The molecular formula is C21H25N5O2S. The maximum atomic E-state index is 12.7. The van der Waals surface area contributed by atoms with E-state index >= 15 is 0 Å². The number of hydrogen-bond donors (Lipinski definition) is 2. The van der Waals surface area contributed by atoms with Crippen LogP contribution >= 0.6 is 11.3 Å². The molecule has 7 nitrogen and oxygen atoms in total. The van der Waals surface area contributed by atoms with Crippen LogP contribution in [-0.4, -0.2) is 47.3 Å². The summed E-state index contributed by atoms with van der Waals surface area (Å²) in [5, 5.41) is 12.1. The zero-order chi connectivity index (χ0) is 20.4. The van der Waals surface area contributed by atoms with Crippen LogP contribution in [0.25, 0.3) is 10.2 Å². The summed E-state index contributed by atoms with van der Waals surface area (Å²) in [4.78, 5) is 16.3. The van der Waals surface area contributed by atoms with Gasteiger partial charge in [0, 0.05) is 31.6 Å². The van der Waals surface area contributed by atoms with Crippen LogP contribution in [0, 0.1) is 13.8 Å². The molecule has 4 rings (SSSR count). The highest BCUT2D eigenvalue weighted by atomic mass is 32.1. The molecule has 0 aliphatic carbocycles. The van der Waals surface area contributed by atoms with E-state index in [0.29, 0.717) is 21.9 Å². The minimum absolute atomic E-state index is 0.181. The van der Waals surface area contributed by atoms with Gasteiger partial charge in [0.05, 0.1) is 24.6 Å². The van der Waals surface area contributed by atoms with E-state index in [1.165, 1.54) is 16.9 Å². The number of amides is 1. The highest BCUT2D eigenvalue weighted by Gasteiger charge is 2.19. The molecule has 1 aliphatic rings. The third-order valence-electron chi connectivity index (χ3n) is 5.33. The van der Waals surface area contributed by atoms with E-state index in [0.717, 1.165) is 55.1 Å². The first-order valence-electron chi connectivity index (χ1n) is 9.71. The average Bonchev–Trinajstić information content (AvgIpc) is 3.08. The smallest absolute Gasteiger partial charge is 0.263 e. The number of hydrogen-bond acceptors (Lipinski definition) is 7. The number of aromatic nitrogens is 2. The predicted octanol–water partition coefficient (Wildman–Crippen LogP) is 2.65. The van der Waals surface area contributed by atoms with Crippen LogP contribution in [0.3, 0.4) is 0 Å². The van der Waals surface area contributed by atoms with Gasteiger partial charge in [-0.15, -0.1) is 16.4 Å². The largest absolute Gasteiger partial charge is 0.397 e. The molecule has 1 amide bonds. The van der Waals surface area contributed by atoms with Crippen molar-refractivity contribution in [2.24, 2.45) is 0 Å². The number of carbonyl (C=O) groups is 1. The lowest BCUT2D eigenvalue weighted by molar-refractivity contribution is 0.0342. The molecule has 0 bridgehead atoms. The minimum Gasteiger partial charge on any atom is -0.397 e. The molecule has 0 spiro atoms. The molecule has 1 aromatic carbocycles. The lowest BCUT2D eigenvalue weighted by Gasteiger charge is -2.26. The second-order valence-corrected chi connectivity index (χ2v) is 8.32. The Kier molecular flexibility index (Phi) is 5.75. The number of nitrogens with two attached hydrogens (primary N) is 1. The van der Waals surface area contributed by atoms with Crippen LogP contribution in [0.2, 0.25) is 0 Å². The molecule has 0 unspecified atom stereocenters. The van der Waals surface area contributed by atoms with Crippen molar-refractivity contribution in [1.29, 1.82) is 0 Å². The lowest BCUT2D eigenvalue weighted by atomic mass is 10.1. The number of nitrogens with one attached hydrogen (secondary N) is 1. The van der Waals surface area contributed by atoms with E-state index < -0.39 is 0 Å². The van der Waals surface area contributed by atoms with Crippen LogP contribution in [0.15, 0.2) is 24.3 Å². The first kappa shape index (κ1) is 19.8. The zero-order valence-electron chi connectivity index (χ0n) is 16.7. The van der Waals surface area contributed by atoms with Gasteiger partial charge >= 0.3 is 0 Å². The molecule has 29 heavy (non-hydrogen) atoms. The molecule has 3 N–H and O–H groups in total. The van der Waals surface area contributed by atoms with E-state index in [1.54, 1.807) is 0 Å². The molecule has 3 heterocycles. The van der Waals surface area contributed by atoms with Crippen molar-refractivity contribution < 1.29 is 9.53 Å². The van der Waals surface area contributed by atoms with E-state index in [4.69, 9.17) is 10.5 Å². The summed E-state index contributed by atoms with van der Waals surface area (Å²) in [5.41, 5.74) is 10.9. The number of benzene rings is 1. The molecule has 1 aliphatic heterocycles. The topological polar surface area (TPSA) is 93.4 Å². The number of morpholine rings is 1. The van der Waals surface area contributed by atoms with Gasteiger partial charge in [-0.05, 0) is 30.5 Å². The van der Waals surface area contributed by atoms with E-state index in [9.17, 15) is 4.79 Å². The van der Waals surface area contributed by atoms with Crippen LogP contribution in [-0.2, 0) is 17.8 Å². The van der Waals surface area contributed by atoms with Gasteiger partial charge in [-0.3, -0.25) is 9.69 Å². The molecule has 8 heteroatoms. The zero-order valence-corrected chi connectivity index (χ0v) is 17.5. The first-order chi connectivity index (χ1) is 14.0. The number of thiophene rings is 1. The van der Waals surface area contributed by atoms with E-state index in [2.05, 4.69) is 44.7 Å². The van der Waals surface area contributed by atoms with Gasteiger partial charge in [0.1, 0.15) is 9.71 Å². The molecule has 152 valence electrons. The minimum atomic E-state index is -0.181. The third kappa shape index (κ3) is 4.24. The van der Waals surface area contributed by atoms with Gasteiger partial charge < -0.3 is 15.8 Å². The molecule has 0 saturated carbocycles. The molecule has 1 fully saturated rings. The Labute approximate surface area is 173 Å². The maximum absolute atomic E-state index is 12.7. The number of nitrogens with zero attached hydrogens (tertiary/aromatic N) is 3. The molecule has 3 aromatic rings. The van der Waals surface area contributed by atoms with Gasteiger partial charge in [0.2, 0.25) is 0 Å². The van der Waals surface area contributed by atoms with Gasteiger partial charge in [0.15, 0.2) is 0 Å². The number of ether oxygens (including phenoxy) is 1. The van der Waals surface area contributed by atoms with Crippen molar-refractivity contribution in [2.75, 3.05) is 32.0 Å². The summed E-state index contributed by atoms with van der Waals surface area (Å²) < 4.78 is 5.39. The Morgan fingerprint density at radius 2 is 1.86 bits per heavy atom. The fraction of sp³-hybridized carbons (Fsp3) is 0.381. The number of anilines is 1. The summed E-state index contributed by atoms with van der Waals surface area (Å²) in [5.74, 6) is -0.181. The van der Waals surface area contributed by atoms with Crippen molar-refractivity contribution in [1.82, 2.24) is 20.4 Å². The van der Waals surface area contributed by atoms with Crippen LogP contribution < -0.4 is 11.1 Å². The maximum Gasteiger partial charge on any atom is 0.263 e. The van der Waals surface area contributed by atoms with Gasteiger partial charge in [-0.2, -0.15) is 5.10 Å². The predicted molar refractivity (Wildman–Crippen MR) is 115 cm³/mol. The summed E-state index contributed by atoms with van der Waals surface area (Å²) in [6, 6.07) is 8.35. The Hall–Kier alpha value is -2.55. The molecule has 0 atom stereocenters. The van der Waals surface area contributed by atoms with E-state index in [-0.39, 0.29) is 5.91 Å². The second kappa shape index (κ2) is 8.44. The molecule has 1 saturated heterocycles. The fourth-order valence-corrected chi connectivity index (χ4v) is 4.47. The van der Waals surface area contributed by atoms with Gasteiger partial charge in [-0.25, -0.2) is 0 Å². The highest BCUT2D eigenvalue weighted by molar-refractivity contribution is 7.21. The van der Waals surface area contributed by atoms with Crippen molar-refractivity contribution in [3.8, 4) is 0 Å². The van der Waals surface area contributed by atoms with Crippen LogP contribution in [0.1, 0.15) is 32.1 Å². The average molecular weight is 412 g/mol. The van der Waals surface area contributed by atoms with E-state index in [1.807, 2.05) is 13.8 Å². The van der Waals surface area contributed by atoms with Crippen molar-refractivity contribution in [2.45, 2.75) is 26.9 Å². The SMILES string of the molecule is Cc1nnc2sc(C(=O)NCc3ccc(CN4CCOCC4)cc3)c(N)c2c1C. The van der Waals surface area contributed by atoms with Crippen molar-refractivity contribution in [3.63, 3.8) is 0 Å². The standard InChI is InChI=1S/C21H25N5O2S/c1-13-14(2)24-25-21-17(13)18(22)19(29-21)20(27)23-11-15-3-5-16(6-4-15)12-26-7-9-28-10-8-26/h3-6H,7-12,22H2,1-2H3,(H,23,27). The third-order valence-corrected chi connectivity index (χ3v) is 6.42. The van der Waals surface area contributed by atoms with Crippen molar-refractivity contribution >= 4 is 33.1 Å². The Balaban J connectivity index is 1.40. The number of aryl methyl sites for hydroxylation is 2. The Morgan fingerprint density at radius 3 is 2.59 bits per heavy atom. The van der Waals surface area contributed by atoms with Gasteiger partial charge in [-0.1, -0.05) is 24.3 Å². The van der Waals surface area contributed by atoms with Crippen LogP contribution in [0.4, 0.5) is 5.69 Å². The Bertz CT molecular complexity index is 1030. The Morgan fingerprint density at radius 1 is 1.17 bits per heavy atom. The number of rotatable bonds is 5. The first-order valence-corrected chi connectivity index (χ1v) is 10.5. The molecular weight excluding hydrogens is 386 g/mol. The molecule has 0 radical (unpaired) electrons.